The minimum absolute atomic E-state index is 0.209. The number of benzene rings is 1. The van der Waals surface area contributed by atoms with Gasteiger partial charge in [0, 0.05) is 35.7 Å². The highest BCUT2D eigenvalue weighted by molar-refractivity contribution is 6.31. The summed E-state index contributed by atoms with van der Waals surface area (Å²) in [5.41, 5.74) is 1.12. The van der Waals surface area contributed by atoms with Gasteiger partial charge in [-0.2, -0.15) is 0 Å². The Morgan fingerprint density at radius 2 is 2.21 bits per heavy atom. The van der Waals surface area contributed by atoms with Gasteiger partial charge < -0.3 is 9.88 Å². The Morgan fingerprint density at radius 3 is 2.95 bits per heavy atom. The Bertz CT molecular complexity index is 601. The Labute approximate surface area is 117 Å². The molecule has 3 nitrogen and oxygen atoms in total. The summed E-state index contributed by atoms with van der Waals surface area (Å²) in [5, 5.41) is 4.93. The van der Waals surface area contributed by atoms with Crippen LogP contribution in [0.15, 0.2) is 30.5 Å². The zero-order chi connectivity index (χ0) is 13.2. The van der Waals surface area contributed by atoms with Crippen LogP contribution in [0.25, 0.3) is 10.9 Å². The number of rotatable bonds is 4. The lowest BCUT2D eigenvalue weighted by Crippen LogP contribution is -2.36. The first-order valence-corrected chi connectivity index (χ1v) is 7.14. The molecule has 0 aliphatic heterocycles. The van der Waals surface area contributed by atoms with Crippen LogP contribution in [0.3, 0.4) is 0 Å². The summed E-state index contributed by atoms with van der Waals surface area (Å²) >= 11 is 6.02. The number of hydrogen-bond acceptors (Lipinski definition) is 1. The summed E-state index contributed by atoms with van der Waals surface area (Å²) in [7, 11) is 0. The van der Waals surface area contributed by atoms with Gasteiger partial charge in [-0.1, -0.05) is 24.1 Å². The lowest BCUT2D eigenvalue weighted by molar-refractivity contribution is -0.127. The number of carbonyl (C=O) groups is 1. The standard InChI is InChI=1S/C15H17ClN2O/c16-13-5-4-11-6-8-18(14(11)10-13)9-7-17-15(19)12-2-1-3-12/h4-6,8,10,12H,1-3,7,9H2,(H,17,19). The smallest absolute Gasteiger partial charge is 0.223 e. The van der Waals surface area contributed by atoms with Gasteiger partial charge >= 0.3 is 0 Å². The van der Waals surface area contributed by atoms with E-state index in [-0.39, 0.29) is 11.8 Å². The molecule has 100 valence electrons. The van der Waals surface area contributed by atoms with Crippen LogP contribution in [-0.4, -0.2) is 17.0 Å². The molecule has 1 fully saturated rings. The van der Waals surface area contributed by atoms with Gasteiger partial charge in [-0.3, -0.25) is 4.79 Å². The SMILES string of the molecule is O=C(NCCn1ccc2ccc(Cl)cc21)C1CCC1. The van der Waals surface area contributed by atoms with E-state index in [2.05, 4.69) is 16.0 Å². The maximum absolute atomic E-state index is 11.7. The normalized spacial score (nSPS) is 15.4. The van der Waals surface area contributed by atoms with Crippen molar-refractivity contribution in [2.24, 2.45) is 5.92 Å². The van der Waals surface area contributed by atoms with E-state index in [1.807, 2.05) is 24.4 Å². The molecule has 19 heavy (non-hydrogen) atoms. The van der Waals surface area contributed by atoms with Gasteiger partial charge in [-0.25, -0.2) is 0 Å². The fourth-order valence-corrected chi connectivity index (χ4v) is 2.63. The summed E-state index contributed by atoms with van der Waals surface area (Å²) in [6.45, 7) is 1.45. The van der Waals surface area contributed by atoms with Crippen LogP contribution in [0, 0.1) is 5.92 Å². The topological polar surface area (TPSA) is 34.0 Å². The molecule has 1 aliphatic carbocycles. The van der Waals surface area contributed by atoms with Crippen LogP contribution in [0.2, 0.25) is 5.02 Å². The highest BCUT2D eigenvalue weighted by Crippen LogP contribution is 2.26. The van der Waals surface area contributed by atoms with E-state index in [0.29, 0.717) is 6.54 Å². The first-order valence-electron chi connectivity index (χ1n) is 6.76. The molecule has 1 aromatic heterocycles. The molecule has 3 rings (SSSR count). The molecule has 1 heterocycles. The molecule has 4 heteroatoms. The molecule has 1 saturated carbocycles. The third-order valence-corrected chi connectivity index (χ3v) is 4.10. The zero-order valence-electron chi connectivity index (χ0n) is 10.7. The van der Waals surface area contributed by atoms with Gasteiger partial charge in [-0.05, 0) is 36.4 Å². The molecule has 0 saturated heterocycles. The van der Waals surface area contributed by atoms with Gasteiger partial charge in [0.15, 0.2) is 0 Å². The number of amides is 1. The molecule has 0 unspecified atom stereocenters. The Balaban J connectivity index is 1.61. The van der Waals surface area contributed by atoms with E-state index >= 15 is 0 Å². The van der Waals surface area contributed by atoms with Crippen molar-refractivity contribution in [2.45, 2.75) is 25.8 Å². The number of nitrogens with one attached hydrogen (secondary N) is 1. The van der Waals surface area contributed by atoms with E-state index in [9.17, 15) is 4.79 Å². The Morgan fingerprint density at radius 1 is 1.37 bits per heavy atom. The van der Waals surface area contributed by atoms with Crippen molar-refractivity contribution in [3.8, 4) is 0 Å². The van der Waals surface area contributed by atoms with Crippen molar-refractivity contribution in [3.63, 3.8) is 0 Å². The molecule has 0 bridgehead atoms. The highest BCUT2D eigenvalue weighted by atomic mass is 35.5. The van der Waals surface area contributed by atoms with Crippen LogP contribution in [0.4, 0.5) is 0 Å². The van der Waals surface area contributed by atoms with Gasteiger partial charge in [0.1, 0.15) is 0 Å². The Hall–Kier alpha value is -1.48. The number of aromatic nitrogens is 1. The van der Waals surface area contributed by atoms with Crippen molar-refractivity contribution in [2.75, 3.05) is 6.54 Å². The quantitative estimate of drug-likeness (QED) is 0.914. The Kier molecular flexibility index (Phi) is 3.47. The number of hydrogen-bond donors (Lipinski definition) is 1. The second-order valence-electron chi connectivity index (χ2n) is 5.13. The predicted molar refractivity (Wildman–Crippen MR) is 77.3 cm³/mol. The maximum atomic E-state index is 11.7. The van der Waals surface area contributed by atoms with Crippen molar-refractivity contribution < 1.29 is 4.79 Å². The summed E-state index contributed by atoms with van der Waals surface area (Å²) in [5.74, 6) is 0.469. The number of fused-ring (bicyclic) bond motifs is 1. The van der Waals surface area contributed by atoms with Crippen molar-refractivity contribution in [3.05, 3.63) is 35.5 Å². The first kappa shape index (κ1) is 12.5. The van der Waals surface area contributed by atoms with E-state index in [1.165, 1.54) is 11.8 Å². The van der Waals surface area contributed by atoms with Crippen LogP contribution in [0.5, 0.6) is 0 Å². The van der Waals surface area contributed by atoms with E-state index in [1.54, 1.807) is 0 Å². The lowest BCUT2D eigenvalue weighted by atomic mass is 9.85. The third-order valence-electron chi connectivity index (χ3n) is 3.86. The average molecular weight is 277 g/mol. The molecular formula is C15H17ClN2O. The number of halogens is 1. The molecule has 1 aliphatic rings. The maximum Gasteiger partial charge on any atom is 0.223 e. The first-order chi connectivity index (χ1) is 9.24. The predicted octanol–water partition coefficient (Wildman–Crippen LogP) is 3.21. The fourth-order valence-electron chi connectivity index (χ4n) is 2.47. The summed E-state index contributed by atoms with van der Waals surface area (Å²) in [6.07, 6.45) is 5.33. The molecular weight excluding hydrogens is 260 g/mol. The third kappa shape index (κ3) is 2.61. The number of nitrogens with zero attached hydrogens (tertiary/aromatic N) is 1. The van der Waals surface area contributed by atoms with E-state index < -0.39 is 0 Å². The molecule has 1 amide bonds. The average Bonchev–Trinajstić information content (AvgIpc) is 2.70. The fraction of sp³-hybridized carbons (Fsp3) is 0.400. The molecule has 0 spiro atoms. The zero-order valence-corrected chi connectivity index (χ0v) is 11.5. The lowest BCUT2D eigenvalue weighted by Gasteiger charge is -2.24. The summed E-state index contributed by atoms with van der Waals surface area (Å²) in [4.78, 5) is 11.7. The van der Waals surface area contributed by atoms with Gasteiger partial charge in [0.05, 0.1) is 0 Å². The van der Waals surface area contributed by atoms with Crippen molar-refractivity contribution >= 4 is 28.4 Å². The van der Waals surface area contributed by atoms with Crippen LogP contribution < -0.4 is 5.32 Å². The monoisotopic (exact) mass is 276 g/mol. The summed E-state index contributed by atoms with van der Waals surface area (Å²) < 4.78 is 2.13. The minimum atomic E-state index is 0.209. The number of carbonyl (C=O) groups excluding carboxylic acids is 1. The molecule has 1 aromatic carbocycles. The largest absolute Gasteiger partial charge is 0.354 e. The van der Waals surface area contributed by atoms with E-state index in [0.717, 1.165) is 29.9 Å². The van der Waals surface area contributed by atoms with Gasteiger partial charge in [0.25, 0.3) is 0 Å². The van der Waals surface area contributed by atoms with E-state index in [4.69, 9.17) is 11.6 Å². The minimum Gasteiger partial charge on any atom is -0.354 e. The molecule has 1 N–H and O–H groups in total. The van der Waals surface area contributed by atoms with Crippen molar-refractivity contribution in [1.82, 2.24) is 9.88 Å². The highest BCUT2D eigenvalue weighted by Gasteiger charge is 2.24. The molecule has 0 radical (unpaired) electrons. The van der Waals surface area contributed by atoms with Crippen LogP contribution >= 0.6 is 11.6 Å². The van der Waals surface area contributed by atoms with Crippen LogP contribution in [-0.2, 0) is 11.3 Å². The van der Waals surface area contributed by atoms with Gasteiger partial charge in [0.2, 0.25) is 5.91 Å². The molecule has 0 atom stereocenters. The second-order valence-corrected chi connectivity index (χ2v) is 5.57. The molecule has 2 aromatic rings. The second kappa shape index (κ2) is 5.25. The van der Waals surface area contributed by atoms with Gasteiger partial charge in [-0.15, -0.1) is 0 Å². The van der Waals surface area contributed by atoms with Crippen molar-refractivity contribution in [1.29, 1.82) is 0 Å². The van der Waals surface area contributed by atoms with Crippen LogP contribution in [0.1, 0.15) is 19.3 Å². The summed E-state index contributed by atoms with van der Waals surface area (Å²) in [6, 6.07) is 7.94.